The van der Waals surface area contributed by atoms with Crippen LogP contribution in [0.3, 0.4) is 0 Å². The van der Waals surface area contributed by atoms with Gasteiger partial charge >= 0.3 is 0 Å². The van der Waals surface area contributed by atoms with Gasteiger partial charge in [0.25, 0.3) is 0 Å². The van der Waals surface area contributed by atoms with E-state index in [1.54, 1.807) is 7.05 Å². The number of nitrogens with one attached hydrogen (secondary N) is 2. The van der Waals surface area contributed by atoms with Gasteiger partial charge in [0, 0.05) is 23.3 Å². The molecule has 5 heteroatoms. The quantitative estimate of drug-likeness (QED) is 0.602. The maximum atomic E-state index is 5.53. The third-order valence-electron chi connectivity index (χ3n) is 3.39. The molecule has 0 atom stereocenters. The first-order chi connectivity index (χ1) is 11.2. The third-order valence-corrected chi connectivity index (χ3v) is 4.62. The molecule has 4 nitrogen and oxygen atoms in total. The Morgan fingerprint density at radius 2 is 1.87 bits per heavy atom. The number of aryl methyl sites for hydroxylation is 1. The number of nitrogens with zero attached hydrogens (tertiary/aromatic N) is 1. The number of ether oxygens (including phenoxy) is 1. The Kier molecular flexibility index (Phi) is 6.94. The molecule has 0 amide bonds. The highest BCUT2D eigenvalue weighted by molar-refractivity contribution is 7.11. The highest BCUT2D eigenvalue weighted by Crippen LogP contribution is 2.16. The van der Waals surface area contributed by atoms with E-state index in [0.29, 0.717) is 13.2 Å². The number of aliphatic imine (C=N–C) groups is 1. The van der Waals surface area contributed by atoms with Crippen LogP contribution in [0.1, 0.15) is 29.2 Å². The molecular formula is C18H25N3OS. The van der Waals surface area contributed by atoms with Gasteiger partial charge in [-0.15, -0.1) is 11.3 Å². The lowest BCUT2D eigenvalue weighted by molar-refractivity contribution is 0.340. The van der Waals surface area contributed by atoms with Crippen molar-refractivity contribution < 1.29 is 4.74 Å². The second kappa shape index (κ2) is 9.20. The van der Waals surface area contributed by atoms with Gasteiger partial charge in [0.15, 0.2) is 5.96 Å². The van der Waals surface area contributed by atoms with Crippen molar-refractivity contribution in [2.75, 3.05) is 13.7 Å². The van der Waals surface area contributed by atoms with Crippen LogP contribution >= 0.6 is 11.3 Å². The first-order valence-corrected chi connectivity index (χ1v) is 8.80. The second-order valence-electron chi connectivity index (χ2n) is 5.08. The summed E-state index contributed by atoms with van der Waals surface area (Å²) >= 11 is 1.85. The lowest BCUT2D eigenvalue weighted by atomic mass is 10.2. The summed E-state index contributed by atoms with van der Waals surface area (Å²) in [5, 5.41) is 6.69. The molecule has 1 heterocycles. The standard InChI is InChI=1S/C18H25N3OS/c1-4-16-9-10-17(23-16)13-21-18(19-3)20-12-14-7-6-8-15(11-14)22-5-2/h6-11H,4-5,12-13H2,1-3H3,(H2,19,20,21). The van der Waals surface area contributed by atoms with Crippen LogP contribution in [0, 0.1) is 0 Å². The monoisotopic (exact) mass is 331 g/mol. The molecule has 2 N–H and O–H groups in total. The summed E-state index contributed by atoms with van der Waals surface area (Å²) in [4.78, 5) is 7.01. The Morgan fingerprint density at radius 3 is 2.57 bits per heavy atom. The lowest BCUT2D eigenvalue weighted by Crippen LogP contribution is -2.36. The third kappa shape index (κ3) is 5.60. The van der Waals surface area contributed by atoms with Crippen molar-refractivity contribution in [3.05, 3.63) is 51.7 Å². The first-order valence-electron chi connectivity index (χ1n) is 7.99. The largest absolute Gasteiger partial charge is 0.494 e. The van der Waals surface area contributed by atoms with E-state index in [2.05, 4.69) is 46.8 Å². The van der Waals surface area contributed by atoms with Crippen molar-refractivity contribution in [1.82, 2.24) is 10.6 Å². The second-order valence-corrected chi connectivity index (χ2v) is 6.33. The molecule has 0 fully saturated rings. The molecule has 1 aromatic heterocycles. The molecule has 2 aromatic rings. The van der Waals surface area contributed by atoms with Crippen LogP contribution in [0.4, 0.5) is 0 Å². The zero-order valence-corrected chi connectivity index (χ0v) is 14.9. The van der Waals surface area contributed by atoms with Crippen LogP contribution in [-0.2, 0) is 19.5 Å². The maximum absolute atomic E-state index is 5.53. The van der Waals surface area contributed by atoms with Crippen LogP contribution in [0.2, 0.25) is 0 Å². The minimum Gasteiger partial charge on any atom is -0.494 e. The van der Waals surface area contributed by atoms with Crippen LogP contribution in [0.25, 0.3) is 0 Å². The van der Waals surface area contributed by atoms with Gasteiger partial charge in [-0.05, 0) is 43.2 Å². The molecule has 23 heavy (non-hydrogen) atoms. The Bertz CT molecular complexity index is 637. The van der Waals surface area contributed by atoms with Crippen LogP contribution in [0.15, 0.2) is 41.4 Å². The molecule has 1 aromatic carbocycles. The van der Waals surface area contributed by atoms with Gasteiger partial charge in [-0.1, -0.05) is 19.1 Å². The fourth-order valence-electron chi connectivity index (χ4n) is 2.20. The molecule has 2 rings (SSSR count). The van der Waals surface area contributed by atoms with Crippen LogP contribution in [-0.4, -0.2) is 19.6 Å². The van der Waals surface area contributed by atoms with Gasteiger partial charge in [-0.2, -0.15) is 0 Å². The van der Waals surface area contributed by atoms with Crippen molar-refractivity contribution in [2.45, 2.75) is 33.4 Å². The van der Waals surface area contributed by atoms with Crippen molar-refractivity contribution >= 4 is 17.3 Å². The Morgan fingerprint density at radius 1 is 1.09 bits per heavy atom. The topological polar surface area (TPSA) is 45.6 Å². The van der Waals surface area contributed by atoms with E-state index in [0.717, 1.165) is 24.7 Å². The summed E-state index contributed by atoms with van der Waals surface area (Å²) in [7, 11) is 1.79. The molecule has 0 saturated heterocycles. The Balaban J connectivity index is 1.84. The normalized spacial score (nSPS) is 11.3. The summed E-state index contributed by atoms with van der Waals surface area (Å²) in [6.45, 7) is 6.36. The molecule has 0 aliphatic carbocycles. The summed E-state index contributed by atoms with van der Waals surface area (Å²) in [6.07, 6.45) is 1.09. The zero-order valence-electron chi connectivity index (χ0n) is 14.1. The number of hydrogen-bond donors (Lipinski definition) is 2. The Hall–Kier alpha value is -2.01. The summed E-state index contributed by atoms with van der Waals surface area (Å²) in [6, 6.07) is 12.5. The number of thiophene rings is 1. The molecule has 0 unspecified atom stereocenters. The predicted molar refractivity (Wildman–Crippen MR) is 98.3 cm³/mol. The van der Waals surface area contributed by atoms with Gasteiger partial charge in [-0.25, -0.2) is 0 Å². The maximum Gasteiger partial charge on any atom is 0.191 e. The summed E-state index contributed by atoms with van der Waals surface area (Å²) in [5.74, 6) is 1.71. The molecule has 0 radical (unpaired) electrons. The van der Waals surface area contributed by atoms with Gasteiger partial charge in [0.1, 0.15) is 5.75 Å². The molecule has 0 bridgehead atoms. The van der Waals surface area contributed by atoms with Crippen molar-refractivity contribution in [3.63, 3.8) is 0 Å². The van der Waals surface area contributed by atoms with E-state index < -0.39 is 0 Å². The van der Waals surface area contributed by atoms with E-state index in [4.69, 9.17) is 4.74 Å². The fourth-order valence-corrected chi connectivity index (χ4v) is 3.09. The van der Waals surface area contributed by atoms with Gasteiger partial charge in [0.05, 0.1) is 13.2 Å². The highest BCUT2D eigenvalue weighted by atomic mass is 32.1. The molecule has 0 aliphatic heterocycles. The Labute approximate surface area is 142 Å². The molecule has 0 spiro atoms. The predicted octanol–water partition coefficient (Wildman–Crippen LogP) is 3.57. The van der Waals surface area contributed by atoms with E-state index in [9.17, 15) is 0 Å². The molecule has 0 aliphatic rings. The van der Waals surface area contributed by atoms with E-state index in [-0.39, 0.29) is 0 Å². The average Bonchev–Trinajstić information content (AvgIpc) is 3.04. The SMILES string of the molecule is CCOc1cccc(CNC(=NC)NCc2ccc(CC)s2)c1. The fraction of sp³-hybridized carbons (Fsp3) is 0.389. The van der Waals surface area contributed by atoms with Crippen LogP contribution < -0.4 is 15.4 Å². The van der Waals surface area contributed by atoms with Crippen molar-refractivity contribution in [3.8, 4) is 5.75 Å². The minimum atomic E-state index is 0.681. The average molecular weight is 331 g/mol. The lowest BCUT2D eigenvalue weighted by Gasteiger charge is -2.12. The summed E-state index contributed by atoms with van der Waals surface area (Å²) in [5.41, 5.74) is 1.17. The molecular weight excluding hydrogens is 306 g/mol. The van der Waals surface area contributed by atoms with E-state index >= 15 is 0 Å². The van der Waals surface area contributed by atoms with Gasteiger partial charge in [0.2, 0.25) is 0 Å². The molecule has 0 saturated carbocycles. The zero-order chi connectivity index (χ0) is 16.5. The van der Waals surface area contributed by atoms with Crippen LogP contribution in [0.5, 0.6) is 5.75 Å². The number of hydrogen-bond acceptors (Lipinski definition) is 3. The number of guanidine groups is 1. The van der Waals surface area contributed by atoms with Gasteiger partial charge in [-0.3, -0.25) is 4.99 Å². The summed E-state index contributed by atoms with van der Waals surface area (Å²) < 4.78 is 5.53. The first kappa shape index (κ1) is 17.3. The minimum absolute atomic E-state index is 0.681. The van der Waals surface area contributed by atoms with Crippen molar-refractivity contribution in [1.29, 1.82) is 0 Å². The van der Waals surface area contributed by atoms with Gasteiger partial charge < -0.3 is 15.4 Å². The van der Waals surface area contributed by atoms with E-state index in [1.165, 1.54) is 15.3 Å². The van der Waals surface area contributed by atoms with E-state index in [1.807, 2.05) is 30.4 Å². The smallest absolute Gasteiger partial charge is 0.191 e. The highest BCUT2D eigenvalue weighted by Gasteiger charge is 2.02. The number of benzene rings is 1. The number of rotatable bonds is 7. The molecule has 124 valence electrons. The van der Waals surface area contributed by atoms with Crippen molar-refractivity contribution in [2.24, 2.45) is 4.99 Å².